The Kier molecular flexibility index (Phi) is 6.26. The highest BCUT2D eigenvalue weighted by molar-refractivity contribution is 5.89. The molecule has 0 aliphatic carbocycles. The van der Waals surface area contributed by atoms with Gasteiger partial charge >= 0.3 is 5.97 Å². The molecule has 1 aliphatic rings. The van der Waals surface area contributed by atoms with Crippen LogP contribution >= 0.6 is 0 Å². The van der Waals surface area contributed by atoms with Crippen LogP contribution in [-0.4, -0.2) is 61.0 Å². The monoisotopic (exact) mass is 378 g/mol. The number of hydrogen-bond donors (Lipinski definition) is 0. The van der Waals surface area contributed by atoms with E-state index in [1.807, 2.05) is 48.3 Å². The zero-order chi connectivity index (χ0) is 20.1. The molecule has 1 fully saturated rings. The van der Waals surface area contributed by atoms with Crippen LogP contribution in [-0.2, 0) is 14.3 Å². The molecule has 1 amide bonds. The van der Waals surface area contributed by atoms with Crippen molar-refractivity contribution in [3.8, 4) is 0 Å². The Hall–Kier alpha value is -2.92. The van der Waals surface area contributed by atoms with Gasteiger partial charge in [-0.05, 0) is 30.7 Å². The first-order chi connectivity index (χ1) is 13.5. The topological polar surface area (TPSA) is 49.9 Å². The second-order valence-corrected chi connectivity index (χ2v) is 6.92. The first-order valence-electron chi connectivity index (χ1n) is 9.48. The second kappa shape index (κ2) is 8.85. The lowest BCUT2D eigenvalue weighted by Gasteiger charge is -2.42. The summed E-state index contributed by atoms with van der Waals surface area (Å²) in [5.41, 5.74) is 3.14. The number of hydrogen-bond acceptors (Lipinski definition) is 4. The molecular formula is C23H26N2O3. The van der Waals surface area contributed by atoms with Crippen molar-refractivity contribution in [3.05, 3.63) is 77.9 Å². The summed E-state index contributed by atoms with van der Waals surface area (Å²) in [5.74, 6) is -0.474. The minimum atomic E-state index is -0.686. The molecule has 1 aliphatic heterocycles. The predicted octanol–water partition coefficient (Wildman–Crippen LogP) is 2.82. The van der Waals surface area contributed by atoms with Crippen LogP contribution in [0.2, 0.25) is 0 Å². The molecule has 5 heteroatoms. The predicted molar refractivity (Wildman–Crippen MR) is 110 cm³/mol. The molecular weight excluding hydrogens is 352 g/mol. The van der Waals surface area contributed by atoms with Crippen LogP contribution in [0, 0.1) is 0 Å². The maximum atomic E-state index is 12.7. The summed E-state index contributed by atoms with van der Waals surface area (Å²) in [6.45, 7) is 2.31. The minimum absolute atomic E-state index is 0.0915. The van der Waals surface area contributed by atoms with Gasteiger partial charge in [-0.1, -0.05) is 66.7 Å². The number of esters is 1. The van der Waals surface area contributed by atoms with Gasteiger partial charge in [-0.3, -0.25) is 9.69 Å². The first-order valence-corrected chi connectivity index (χ1v) is 9.48. The molecule has 0 saturated carbocycles. The highest BCUT2D eigenvalue weighted by atomic mass is 16.5. The SMILES string of the molecule is CCOC(=O)C1[C@@H](C=C(c2ccccc2)c2ccccc2)N(C)CC(=O)N1C. The molecule has 1 heterocycles. The van der Waals surface area contributed by atoms with Crippen molar-refractivity contribution in [2.45, 2.75) is 19.0 Å². The lowest BCUT2D eigenvalue weighted by Crippen LogP contribution is -2.62. The van der Waals surface area contributed by atoms with E-state index in [-0.39, 0.29) is 31.1 Å². The zero-order valence-electron chi connectivity index (χ0n) is 16.5. The molecule has 146 valence electrons. The lowest BCUT2D eigenvalue weighted by molar-refractivity contribution is -0.160. The molecule has 2 aromatic carbocycles. The molecule has 2 aromatic rings. The summed E-state index contributed by atoms with van der Waals surface area (Å²) in [4.78, 5) is 28.5. The van der Waals surface area contributed by atoms with Gasteiger partial charge in [0.25, 0.3) is 0 Å². The van der Waals surface area contributed by atoms with E-state index in [0.29, 0.717) is 0 Å². The normalized spacial score (nSPS) is 20.0. The summed E-state index contributed by atoms with van der Waals surface area (Å²) < 4.78 is 5.28. The third kappa shape index (κ3) is 4.15. The van der Waals surface area contributed by atoms with Gasteiger partial charge in [0, 0.05) is 7.05 Å². The van der Waals surface area contributed by atoms with Gasteiger partial charge in [0.2, 0.25) is 5.91 Å². The lowest BCUT2D eigenvalue weighted by atomic mass is 9.92. The number of ether oxygens (including phenoxy) is 1. The fraction of sp³-hybridized carbons (Fsp3) is 0.304. The molecule has 0 bridgehead atoms. The fourth-order valence-corrected chi connectivity index (χ4v) is 3.56. The molecule has 2 atom stereocenters. The maximum Gasteiger partial charge on any atom is 0.330 e. The van der Waals surface area contributed by atoms with Crippen molar-refractivity contribution in [2.24, 2.45) is 0 Å². The van der Waals surface area contributed by atoms with Gasteiger partial charge in [0.05, 0.1) is 19.2 Å². The number of carbonyl (C=O) groups is 2. The number of carbonyl (C=O) groups excluding carboxylic acids is 2. The molecule has 5 nitrogen and oxygen atoms in total. The van der Waals surface area contributed by atoms with Crippen molar-refractivity contribution in [2.75, 3.05) is 27.2 Å². The minimum Gasteiger partial charge on any atom is -0.464 e. The molecule has 0 N–H and O–H groups in total. The average Bonchev–Trinajstić information content (AvgIpc) is 2.71. The van der Waals surface area contributed by atoms with E-state index in [1.165, 1.54) is 4.90 Å². The van der Waals surface area contributed by atoms with E-state index in [9.17, 15) is 9.59 Å². The highest BCUT2D eigenvalue weighted by Crippen LogP contribution is 2.27. The molecule has 0 radical (unpaired) electrons. The molecule has 3 rings (SSSR count). The summed E-state index contributed by atoms with van der Waals surface area (Å²) in [6, 6.07) is 19.2. The second-order valence-electron chi connectivity index (χ2n) is 6.92. The van der Waals surface area contributed by atoms with Crippen LogP contribution in [0.1, 0.15) is 18.1 Å². The third-order valence-electron chi connectivity index (χ3n) is 5.06. The quantitative estimate of drug-likeness (QED) is 0.751. The Labute approximate surface area is 166 Å². The van der Waals surface area contributed by atoms with E-state index in [4.69, 9.17) is 4.74 Å². The van der Waals surface area contributed by atoms with E-state index in [0.717, 1.165) is 16.7 Å². The van der Waals surface area contributed by atoms with Crippen molar-refractivity contribution in [1.29, 1.82) is 0 Å². The van der Waals surface area contributed by atoms with Crippen molar-refractivity contribution >= 4 is 17.4 Å². The zero-order valence-corrected chi connectivity index (χ0v) is 16.5. The Balaban J connectivity index is 2.10. The molecule has 28 heavy (non-hydrogen) atoms. The first kappa shape index (κ1) is 19.8. The molecule has 0 spiro atoms. The van der Waals surface area contributed by atoms with Crippen molar-refractivity contribution < 1.29 is 14.3 Å². The van der Waals surface area contributed by atoms with E-state index in [1.54, 1.807) is 14.0 Å². The van der Waals surface area contributed by atoms with Crippen LogP contribution < -0.4 is 0 Å². The standard InChI is InChI=1S/C23H26N2O3/c1-4-28-23(27)22-20(24(2)16-21(26)25(22)3)15-19(17-11-7-5-8-12-17)18-13-9-6-10-14-18/h5-15,20,22H,4,16H2,1-3H3/t20-,22?/m1/s1. The van der Waals surface area contributed by atoms with E-state index < -0.39 is 6.04 Å². The summed E-state index contributed by atoms with van der Waals surface area (Å²) >= 11 is 0. The van der Waals surface area contributed by atoms with Gasteiger partial charge in [-0.2, -0.15) is 0 Å². The van der Waals surface area contributed by atoms with Crippen LogP contribution in [0.5, 0.6) is 0 Å². The van der Waals surface area contributed by atoms with E-state index >= 15 is 0 Å². The summed E-state index contributed by atoms with van der Waals surface area (Å²) in [6.07, 6.45) is 2.08. The van der Waals surface area contributed by atoms with Gasteiger partial charge in [0.1, 0.15) is 6.04 Å². The van der Waals surface area contributed by atoms with Crippen molar-refractivity contribution in [1.82, 2.24) is 9.80 Å². The van der Waals surface area contributed by atoms with Crippen LogP contribution in [0.15, 0.2) is 66.7 Å². The van der Waals surface area contributed by atoms with Crippen molar-refractivity contribution in [3.63, 3.8) is 0 Å². The molecule has 0 aromatic heterocycles. The molecule has 1 unspecified atom stereocenters. The number of nitrogens with zero attached hydrogens (tertiary/aromatic N) is 2. The summed E-state index contributed by atoms with van der Waals surface area (Å²) in [7, 11) is 3.54. The van der Waals surface area contributed by atoms with Gasteiger partial charge in [-0.15, -0.1) is 0 Å². The largest absolute Gasteiger partial charge is 0.464 e. The van der Waals surface area contributed by atoms with Gasteiger partial charge < -0.3 is 9.64 Å². The maximum absolute atomic E-state index is 12.7. The van der Waals surface area contributed by atoms with Crippen LogP contribution in [0.3, 0.4) is 0 Å². The van der Waals surface area contributed by atoms with Crippen LogP contribution in [0.4, 0.5) is 0 Å². The summed E-state index contributed by atoms with van der Waals surface area (Å²) in [5, 5.41) is 0. The number of rotatable bonds is 5. The Morgan fingerprint density at radius 2 is 1.57 bits per heavy atom. The fourth-order valence-electron chi connectivity index (χ4n) is 3.56. The number of benzene rings is 2. The molecule has 1 saturated heterocycles. The number of likely N-dealkylation sites (N-methyl/N-ethyl adjacent to an activating group) is 2. The number of amides is 1. The average molecular weight is 378 g/mol. The van der Waals surface area contributed by atoms with Gasteiger partial charge in [-0.25, -0.2) is 4.79 Å². The highest BCUT2D eigenvalue weighted by Gasteiger charge is 2.41. The third-order valence-corrected chi connectivity index (χ3v) is 5.06. The van der Waals surface area contributed by atoms with Gasteiger partial charge in [0.15, 0.2) is 0 Å². The van der Waals surface area contributed by atoms with E-state index in [2.05, 4.69) is 30.3 Å². The van der Waals surface area contributed by atoms with Crippen LogP contribution in [0.25, 0.3) is 5.57 Å². The number of piperazine rings is 1. The Morgan fingerprint density at radius 1 is 1.04 bits per heavy atom. The Morgan fingerprint density at radius 3 is 2.07 bits per heavy atom. The smallest absolute Gasteiger partial charge is 0.330 e. The Bertz CT molecular complexity index is 807.